The molecule has 0 heterocycles. The lowest BCUT2D eigenvalue weighted by Crippen LogP contribution is -2.50. The Hall–Kier alpha value is -2.24. The molecular weight excluding hydrogens is 1100 g/mol. The minimum Gasteiger partial charge on any atom is -0.459 e. The molecule has 0 N–H and O–H groups in total. The summed E-state index contributed by atoms with van der Waals surface area (Å²) in [5.74, 6) is 10.0. The normalized spacial score (nSPS) is 32.2. The number of esters is 4. The predicted octanol–water partition coefficient (Wildman–Crippen LogP) is 22.0. The molecule has 0 aliphatic heterocycles. The molecule has 11 nitrogen and oxygen atoms in total. The molecule has 524 valence electrons. The minimum absolute atomic E-state index is 0. The molecule has 13 unspecified atom stereocenters. The van der Waals surface area contributed by atoms with Crippen LogP contribution in [0.4, 0.5) is 0 Å². The van der Waals surface area contributed by atoms with Gasteiger partial charge in [-0.3, -0.25) is 19.2 Å². The van der Waals surface area contributed by atoms with Crippen LogP contribution in [0.25, 0.3) is 0 Å². The number of rotatable bonds is 19. The first-order chi connectivity index (χ1) is 37.7. The van der Waals surface area contributed by atoms with Crippen molar-refractivity contribution in [1.29, 1.82) is 0 Å². The van der Waals surface area contributed by atoms with Crippen LogP contribution in [0.1, 0.15) is 337 Å². The number of hydrogen-bond donors (Lipinski definition) is 0. The van der Waals surface area contributed by atoms with E-state index in [1.807, 2.05) is 96.9 Å². The lowest BCUT2D eigenvalue weighted by Gasteiger charge is -2.54. The summed E-state index contributed by atoms with van der Waals surface area (Å²) in [6, 6.07) is 0. The van der Waals surface area contributed by atoms with Gasteiger partial charge >= 0.3 is 23.9 Å². The van der Waals surface area contributed by atoms with Gasteiger partial charge in [0, 0.05) is 0 Å². The van der Waals surface area contributed by atoms with Gasteiger partial charge in [0.2, 0.25) is 0 Å². The Morgan fingerprint density at radius 3 is 1.18 bits per heavy atom. The smallest absolute Gasteiger partial charge is 0.313 e. The Labute approximate surface area is 546 Å². The average molecular weight is 1250 g/mol. The number of fused-ring (bicyclic) bond motifs is 11. The molecule has 0 amide bonds. The van der Waals surface area contributed by atoms with E-state index >= 15 is 0 Å². The number of ether oxygens (including phenoxy) is 7. The molecule has 11 heteroatoms. The Kier molecular flexibility index (Phi) is 36.9. The lowest BCUT2D eigenvalue weighted by molar-refractivity contribution is -0.224. The molecule has 11 aliphatic carbocycles. The number of hydrogen-bond acceptors (Lipinski definition) is 11. The van der Waals surface area contributed by atoms with Gasteiger partial charge in [-0.2, -0.15) is 0 Å². The molecule has 11 fully saturated rings. The fourth-order valence-electron chi connectivity index (χ4n) is 16.8. The van der Waals surface area contributed by atoms with Crippen molar-refractivity contribution in [1.82, 2.24) is 0 Å². The number of carbonyl (C=O) groups excluding carboxylic acids is 4. The van der Waals surface area contributed by atoms with Crippen molar-refractivity contribution >= 4 is 23.9 Å². The Morgan fingerprint density at radius 2 is 0.773 bits per heavy atom. The molecule has 88 heavy (non-hydrogen) atoms. The Balaban J connectivity index is 0. The van der Waals surface area contributed by atoms with E-state index in [4.69, 9.17) is 33.2 Å². The van der Waals surface area contributed by atoms with Crippen molar-refractivity contribution in [3.8, 4) is 0 Å². The Bertz CT molecular complexity index is 1990. The van der Waals surface area contributed by atoms with Gasteiger partial charge in [0.15, 0.2) is 18.9 Å². The summed E-state index contributed by atoms with van der Waals surface area (Å²) in [5.41, 5.74) is -1.76. The maximum atomic E-state index is 12.3. The molecule has 0 aromatic heterocycles. The van der Waals surface area contributed by atoms with Crippen molar-refractivity contribution < 1.29 is 52.3 Å². The first-order valence-corrected chi connectivity index (χ1v) is 33.5. The minimum atomic E-state index is -0.415. The van der Waals surface area contributed by atoms with Crippen LogP contribution in [0.5, 0.6) is 0 Å². The summed E-state index contributed by atoms with van der Waals surface area (Å²) in [4.78, 5) is 48.6. The van der Waals surface area contributed by atoms with Gasteiger partial charge in [0.25, 0.3) is 0 Å². The van der Waals surface area contributed by atoms with Crippen LogP contribution in [0.2, 0.25) is 0 Å². The maximum Gasteiger partial charge on any atom is 0.313 e. The van der Waals surface area contributed by atoms with Gasteiger partial charge < -0.3 is 33.2 Å². The highest BCUT2D eigenvalue weighted by Crippen LogP contribution is 2.68. The summed E-state index contributed by atoms with van der Waals surface area (Å²) in [6.45, 7) is 31.5. The molecule has 0 spiro atoms. The van der Waals surface area contributed by atoms with E-state index in [1.165, 1.54) is 116 Å². The largest absolute Gasteiger partial charge is 0.459 e. The topological polar surface area (TPSA) is 133 Å². The van der Waals surface area contributed by atoms with E-state index in [2.05, 4.69) is 13.8 Å². The second kappa shape index (κ2) is 37.0. The highest BCUT2D eigenvalue weighted by molar-refractivity contribution is 5.77. The summed E-state index contributed by atoms with van der Waals surface area (Å²) < 4.78 is 40.9. The molecule has 10 bridgehead atoms. The predicted molar refractivity (Wildman–Crippen MR) is 369 cm³/mol. The van der Waals surface area contributed by atoms with E-state index < -0.39 is 35.1 Å². The van der Waals surface area contributed by atoms with Gasteiger partial charge in [-0.1, -0.05) is 113 Å². The van der Waals surface area contributed by atoms with Crippen molar-refractivity contribution in [3.63, 3.8) is 0 Å². The van der Waals surface area contributed by atoms with Crippen molar-refractivity contribution in [3.05, 3.63) is 0 Å². The highest BCUT2D eigenvalue weighted by Gasteiger charge is 2.63. The third-order valence-electron chi connectivity index (χ3n) is 23.4. The summed E-state index contributed by atoms with van der Waals surface area (Å²) in [6.07, 6.45) is 31.2. The fraction of sp³-hybridized carbons (Fsp3) is 0.948. The van der Waals surface area contributed by atoms with Crippen LogP contribution < -0.4 is 0 Å². The zero-order valence-electron chi connectivity index (χ0n) is 53.8. The van der Waals surface area contributed by atoms with Crippen molar-refractivity contribution in [2.24, 2.45) is 92.7 Å². The van der Waals surface area contributed by atoms with Crippen LogP contribution in [0.15, 0.2) is 0 Å². The fourth-order valence-corrected chi connectivity index (χ4v) is 16.8. The summed E-state index contributed by atoms with van der Waals surface area (Å²) >= 11 is 0. The Morgan fingerprint density at radius 1 is 0.386 bits per heavy atom. The molecule has 13 atom stereocenters. The van der Waals surface area contributed by atoms with E-state index in [9.17, 15) is 19.2 Å². The molecule has 0 aromatic rings. The molecule has 0 saturated heterocycles. The van der Waals surface area contributed by atoms with Gasteiger partial charge in [0.1, 0.15) is 5.60 Å². The third-order valence-corrected chi connectivity index (χ3v) is 23.4. The van der Waals surface area contributed by atoms with Crippen LogP contribution in [0, 0.1) is 92.7 Å². The quantitative estimate of drug-likeness (QED) is 0.0530. The van der Waals surface area contributed by atoms with Gasteiger partial charge in [-0.05, 0) is 295 Å². The standard InChI is InChI=1S/C20H32O3.C18H30O3.C16H30O2.C15H26O3.8CH4/c1-5-20(3,4)19(21)23-11(2)22-16-10-14-9-15(16)18-13-7-6-12(8-13)17(14)18;1-5-18(3,4)17(19)21-11(2)20-16-14-7-12-6-13(9-14)10-15(16)8-12;1-5-15(3,4)14(17)18-16(6-2)12-10-8-7-9-11-13-16;1-5-15(3,4)14(16)18-10(2)17-13-9-11-6-7-12(13)8-11;;;;;;;;/h11-18H,5-10H2,1-4H3;11-16H,5-10H2,1-4H3;5-13H2,1-4H3;10-13H,5-9H2,1-4H3;8*1H4. The monoisotopic (exact) mass is 1250 g/mol. The lowest BCUT2D eigenvalue weighted by atomic mass is 9.55. The first-order valence-electron chi connectivity index (χ1n) is 33.5. The second-order valence-electron chi connectivity index (χ2n) is 30.5. The van der Waals surface area contributed by atoms with Crippen LogP contribution >= 0.6 is 0 Å². The highest BCUT2D eigenvalue weighted by atomic mass is 16.7. The molecule has 11 saturated carbocycles. The van der Waals surface area contributed by atoms with E-state index in [-0.39, 0.29) is 94.3 Å². The van der Waals surface area contributed by atoms with Gasteiger partial charge in [-0.25, -0.2) is 0 Å². The molecular formula is C77H150O11. The van der Waals surface area contributed by atoms with Crippen molar-refractivity contribution in [2.75, 3.05) is 0 Å². The van der Waals surface area contributed by atoms with E-state index in [0.717, 1.165) is 105 Å². The van der Waals surface area contributed by atoms with Crippen molar-refractivity contribution in [2.45, 2.75) is 380 Å². The SMILES string of the molecule is C.C.C.C.C.C.C.C.CCC(C)(C)C(=O)OC(C)OC1C2CC3CC(C2)CC1C3.CCC(C)(C)C(=O)OC(C)OC1CC2CC1C1C3CCC(C3)C21.CCC(C)(C)C(=O)OC(C)OC1CC2CCC1C2.CCC1(OC(=O)C(C)(C)CC)CCCCCCC1. The number of carbonyl (C=O) groups is 4. The average Bonchev–Trinajstić information content (AvgIpc) is 1.81. The van der Waals surface area contributed by atoms with Crippen LogP contribution in [-0.2, 0) is 52.3 Å². The molecule has 0 aromatic carbocycles. The second-order valence-corrected chi connectivity index (χ2v) is 30.5. The van der Waals surface area contributed by atoms with Crippen LogP contribution in [0.3, 0.4) is 0 Å². The van der Waals surface area contributed by atoms with E-state index in [0.29, 0.717) is 36.1 Å². The van der Waals surface area contributed by atoms with Gasteiger partial charge in [-0.15, -0.1) is 0 Å². The summed E-state index contributed by atoms with van der Waals surface area (Å²) in [7, 11) is 0. The zero-order chi connectivity index (χ0) is 58.5. The molecule has 11 rings (SSSR count). The third kappa shape index (κ3) is 21.4. The summed E-state index contributed by atoms with van der Waals surface area (Å²) in [5, 5.41) is 0. The van der Waals surface area contributed by atoms with E-state index in [1.54, 1.807) is 0 Å². The maximum absolute atomic E-state index is 12.3. The molecule has 11 aliphatic rings. The molecule has 0 radical (unpaired) electrons. The first kappa shape index (κ1) is 87.8. The van der Waals surface area contributed by atoms with Crippen LogP contribution in [-0.4, -0.2) is 66.7 Å². The zero-order valence-corrected chi connectivity index (χ0v) is 53.8. The van der Waals surface area contributed by atoms with Gasteiger partial charge in [0.05, 0.1) is 40.0 Å².